The van der Waals surface area contributed by atoms with Gasteiger partial charge in [0.2, 0.25) is 0 Å². The van der Waals surface area contributed by atoms with Crippen LogP contribution >= 0.6 is 11.8 Å². The summed E-state index contributed by atoms with van der Waals surface area (Å²) < 4.78 is 23.5. The zero-order valence-electron chi connectivity index (χ0n) is 17.2. The number of nitrogens with one attached hydrogen (secondary N) is 2. The number of anilines is 2. The maximum absolute atomic E-state index is 12.7. The van der Waals surface area contributed by atoms with E-state index in [0.717, 1.165) is 16.9 Å². The summed E-state index contributed by atoms with van der Waals surface area (Å²) in [4.78, 5) is 17.3. The van der Waals surface area contributed by atoms with Crippen molar-refractivity contribution in [1.82, 2.24) is 0 Å². The molecular formula is C22H25N3O3S2. The van der Waals surface area contributed by atoms with Gasteiger partial charge in [0.15, 0.2) is 15.0 Å². The maximum Gasteiger partial charge on any atom is 0.255 e. The highest BCUT2D eigenvalue weighted by Gasteiger charge is 2.42. The van der Waals surface area contributed by atoms with Gasteiger partial charge in [-0.3, -0.25) is 9.79 Å². The van der Waals surface area contributed by atoms with E-state index in [1.807, 2.05) is 37.3 Å². The van der Waals surface area contributed by atoms with E-state index in [9.17, 15) is 13.2 Å². The number of aryl methyl sites for hydroxylation is 1. The SMILES string of the molecule is Cc1ccc(C(=O)Nc2ccc(C(C)C)cc2)cc1NC1=N[C@H]2CS(=O)(=O)C[C@H]2S1. The summed E-state index contributed by atoms with van der Waals surface area (Å²) in [6.45, 7) is 6.22. The van der Waals surface area contributed by atoms with Gasteiger partial charge in [0, 0.05) is 22.2 Å². The van der Waals surface area contributed by atoms with Gasteiger partial charge < -0.3 is 10.6 Å². The minimum atomic E-state index is -2.97. The number of carbonyl (C=O) groups excluding carboxylic acids is 1. The number of sulfone groups is 1. The van der Waals surface area contributed by atoms with Gasteiger partial charge >= 0.3 is 0 Å². The first-order valence-electron chi connectivity index (χ1n) is 9.94. The van der Waals surface area contributed by atoms with E-state index in [0.29, 0.717) is 16.6 Å². The monoisotopic (exact) mass is 443 g/mol. The van der Waals surface area contributed by atoms with Crippen molar-refractivity contribution in [2.24, 2.45) is 4.99 Å². The summed E-state index contributed by atoms with van der Waals surface area (Å²) in [5.41, 5.74) is 4.31. The van der Waals surface area contributed by atoms with E-state index in [1.54, 1.807) is 12.1 Å². The van der Waals surface area contributed by atoms with E-state index in [4.69, 9.17) is 0 Å². The first-order valence-corrected chi connectivity index (χ1v) is 12.6. The molecule has 0 spiro atoms. The molecule has 8 heteroatoms. The molecule has 0 radical (unpaired) electrons. The van der Waals surface area contributed by atoms with Crippen LogP contribution < -0.4 is 10.6 Å². The lowest BCUT2D eigenvalue weighted by molar-refractivity contribution is 0.102. The zero-order valence-corrected chi connectivity index (χ0v) is 18.8. The third-order valence-corrected chi connectivity index (χ3v) is 8.54. The molecule has 2 aromatic carbocycles. The number of aliphatic imine (C=N–C) groups is 1. The standard InChI is InChI=1S/C22H25N3O3S2/c1-13(2)15-6-8-17(9-7-15)23-21(26)16-5-4-14(3)18(10-16)24-22-25-19-11-30(27,28)12-20(19)29-22/h4-10,13,19-20H,11-12H2,1-3H3,(H,23,26)(H,24,25)/t19-,20+/m0/s1. The first kappa shape index (κ1) is 20.9. The Labute approximate surface area is 181 Å². The Morgan fingerprint density at radius 3 is 2.53 bits per heavy atom. The van der Waals surface area contributed by atoms with Crippen LogP contribution in [0.3, 0.4) is 0 Å². The number of hydrogen-bond acceptors (Lipinski definition) is 6. The summed E-state index contributed by atoms with van der Waals surface area (Å²) in [5, 5.41) is 6.92. The number of benzene rings is 2. The number of fused-ring (bicyclic) bond motifs is 1. The third-order valence-electron chi connectivity index (χ3n) is 5.39. The second-order valence-corrected chi connectivity index (χ2v) is 11.5. The molecule has 2 heterocycles. The molecule has 6 nitrogen and oxygen atoms in total. The second-order valence-electron chi connectivity index (χ2n) is 8.12. The van der Waals surface area contributed by atoms with Crippen LogP contribution in [-0.2, 0) is 9.84 Å². The normalized spacial score (nSPS) is 21.9. The summed E-state index contributed by atoms with van der Waals surface area (Å²) in [6.07, 6.45) is 0. The first-order chi connectivity index (χ1) is 14.2. The third kappa shape index (κ3) is 4.54. The van der Waals surface area contributed by atoms with Crippen LogP contribution in [-0.4, -0.2) is 42.3 Å². The maximum atomic E-state index is 12.7. The molecule has 0 aromatic heterocycles. The van der Waals surface area contributed by atoms with Crippen molar-refractivity contribution in [2.45, 2.75) is 38.0 Å². The van der Waals surface area contributed by atoms with Crippen LogP contribution in [0.4, 0.5) is 11.4 Å². The summed E-state index contributed by atoms with van der Waals surface area (Å²) in [6, 6.07) is 13.2. The molecule has 2 aliphatic rings. The molecular weight excluding hydrogens is 418 g/mol. The highest BCUT2D eigenvalue weighted by molar-refractivity contribution is 8.15. The minimum absolute atomic E-state index is 0.0156. The Balaban J connectivity index is 1.46. The van der Waals surface area contributed by atoms with Crippen LogP contribution in [0, 0.1) is 6.92 Å². The van der Waals surface area contributed by atoms with Crippen LogP contribution in [0.5, 0.6) is 0 Å². The molecule has 0 bridgehead atoms. The molecule has 2 aromatic rings. The lowest BCUT2D eigenvalue weighted by atomic mass is 10.0. The van der Waals surface area contributed by atoms with Crippen molar-refractivity contribution in [1.29, 1.82) is 0 Å². The Hall–Kier alpha value is -2.32. The molecule has 1 amide bonds. The number of amidine groups is 1. The lowest BCUT2D eigenvalue weighted by Gasteiger charge is -2.12. The number of nitrogens with zero attached hydrogens (tertiary/aromatic N) is 1. The molecule has 2 atom stereocenters. The molecule has 2 N–H and O–H groups in total. The van der Waals surface area contributed by atoms with Gasteiger partial charge in [-0.2, -0.15) is 0 Å². The highest BCUT2D eigenvalue weighted by atomic mass is 32.2. The van der Waals surface area contributed by atoms with E-state index in [2.05, 4.69) is 29.5 Å². The van der Waals surface area contributed by atoms with Crippen molar-refractivity contribution in [3.63, 3.8) is 0 Å². The average molecular weight is 444 g/mol. The van der Waals surface area contributed by atoms with Gasteiger partial charge in [-0.25, -0.2) is 8.42 Å². The van der Waals surface area contributed by atoms with Crippen molar-refractivity contribution in [3.8, 4) is 0 Å². The Kier molecular flexibility index (Phi) is 5.63. The van der Waals surface area contributed by atoms with Crippen LogP contribution in [0.1, 0.15) is 41.3 Å². The van der Waals surface area contributed by atoms with Crippen LogP contribution in [0.15, 0.2) is 47.5 Å². The highest BCUT2D eigenvalue weighted by Crippen LogP contribution is 2.35. The fourth-order valence-corrected chi connectivity index (χ4v) is 7.25. The zero-order chi connectivity index (χ0) is 21.5. The molecule has 0 saturated carbocycles. The molecule has 2 aliphatic heterocycles. The smallest absolute Gasteiger partial charge is 0.255 e. The topological polar surface area (TPSA) is 87.6 Å². The molecule has 0 aliphatic carbocycles. The summed E-state index contributed by atoms with van der Waals surface area (Å²) in [7, 11) is -2.97. The Morgan fingerprint density at radius 1 is 1.13 bits per heavy atom. The van der Waals surface area contributed by atoms with Gasteiger partial charge in [-0.1, -0.05) is 43.8 Å². The fourth-order valence-electron chi connectivity index (χ4n) is 3.58. The van der Waals surface area contributed by atoms with Crippen molar-refractivity contribution < 1.29 is 13.2 Å². The number of thioether (sulfide) groups is 1. The van der Waals surface area contributed by atoms with Gasteiger partial charge in [0.25, 0.3) is 5.91 Å². The molecule has 0 unspecified atom stereocenters. The van der Waals surface area contributed by atoms with Gasteiger partial charge in [-0.15, -0.1) is 0 Å². The molecule has 1 fully saturated rings. The van der Waals surface area contributed by atoms with Crippen molar-refractivity contribution >= 4 is 44.0 Å². The van der Waals surface area contributed by atoms with Crippen LogP contribution in [0.2, 0.25) is 0 Å². The molecule has 1 saturated heterocycles. The fraction of sp³-hybridized carbons (Fsp3) is 0.364. The Morgan fingerprint density at radius 2 is 1.87 bits per heavy atom. The van der Waals surface area contributed by atoms with Gasteiger partial charge in [0.1, 0.15) is 0 Å². The summed E-state index contributed by atoms with van der Waals surface area (Å²) >= 11 is 1.47. The minimum Gasteiger partial charge on any atom is -0.335 e. The van der Waals surface area contributed by atoms with Crippen molar-refractivity contribution in [2.75, 3.05) is 22.1 Å². The van der Waals surface area contributed by atoms with Crippen molar-refractivity contribution in [3.05, 3.63) is 59.2 Å². The average Bonchev–Trinajstić information content (AvgIpc) is 3.16. The molecule has 4 rings (SSSR count). The molecule has 158 valence electrons. The lowest BCUT2D eigenvalue weighted by Crippen LogP contribution is -2.14. The number of amides is 1. The van der Waals surface area contributed by atoms with E-state index in [1.165, 1.54) is 17.3 Å². The van der Waals surface area contributed by atoms with Gasteiger partial charge in [0.05, 0.1) is 17.5 Å². The Bertz CT molecular complexity index is 1110. The second kappa shape index (κ2) is 8.07. The number of hydrogen-bond donors (Lipinski definition) is 2. The predicted molar refractivity (Wildman–Crippen MR) is 125 cm³/mol. The predicted octanol–water partition coefficient (Wildman–Crippen LogP) is 4.05. The number of rotatable bonds is 4. The van der Waals surface area contributed by atoms with Gasteiger partial charge in [-0.05, 0) is 48.2 Å². The van der Waals surface area contributed by atoms with E-state index >= 15 is 0 Å². The quantitative estimate of drug-likeness (QED) is 0.744. The van der Waals surface area contributed by atoms with E-state index in [-0.39, 0.29) is 28.7 Å². The number of carbonyl (C=O) groups is 1. The molecule has 30 heavy (non-hydrogen) atoms. The largest absolute Gasteiger partial charge is 0.335 e. The van der Waals surface area contributed by atoms with E-state index < -0.39 is 9.84 Å². The van der Waals surface area contributed by atoms with Crippen LogP contribution in [0.25, 0.3) is 0 Å². The summed E-state index contributed by atoms with van der Waals surface area (Å²) in [5.74, 6) is 0.553.